The molecule has 3 nitrogen and oxygen atoms in total. The van der Waals surface area contributed by atoms with Crippen LogP contribution in [0, 0.1) is 16.7 Å². The molecule has 0 amide bonds. The zero-order chi connectivity index (χ0) is 23.4. The van der Waals surface area contributed by atoms with Crippen LogP contribution in [0.5, 0.6) is 11.6 Å². The molecule has 170 valence electrons. The highest BCUT2D eigenvalue weighted by atomic mass is 32.1. The fourth-order valence-corrected chi connectivity index (χ4v) is 5.99. The van der Waals surface area contributed by atoms with Crippen LogP contribution < -0.4 is 4.74 Å². The lowest BCUT2D eigenvalue weighted by atomic mass is 9.62. The summed E-state index contributed by atoms with van der Waals surface area (Å²) in [5.41, 5.74) is 6.44. The van der Waals surface area contributed by atoms with Gasteiger partial charge in [0.05, 0.1) is 12.0 Å². The van der Waals surface area contributed by atoms with Crippen molar-refractivity contribution in [1.29, 1.82) is 0 Å². The summed E-state index contributed by atoms with van der Waals surface area (Å²) >= 11 is 6.43. The van der Waals surface area contributed by atoms with Crippen LogP contribution in [0.1, 0.15) is 67.7 Å². The summed E-state index contributed by atoms with van der Waals surface area (Å²) in [4.78, 5) is 3.43. The van der Waals surface area contributed by atoms with Crippen molar-refractivity contribution in [2.24, 2.45) is 0 Å². The maximum atomic E-state index is 15.1. The molecule has 1 heterocycles. The van der Waals surface area contributed by atoms with Crippen molar-refractivity contribution in [3.8, 4) is 22.8 Å². The van der Waals surface area contributed by atoms with Crippen molar-refractivity contribution in [3.05, 3.63) is 61.2 Å². The SMILES string of the molecule is COc1c(F)cc(Cc2sc(=S)[nH]c2O)cc1-c1cc2c(cc1C)C(C)(C)CCC2(C)C. The van der Waals surface area contributed by atoms with E-state index < -0.39 is 5.82 Å². The molecule has 6 heteroatoms. The predicted octanol–water partition coefficient (Wildman–Crippen LogP) is 7.57. The van der Waals surface area contributed by atoms with Crippen LogP contribution in [-0.4, -0.2) is 17.2 Å². The third kappa shape index (κ3) is 3.99. The Balaban J connectivity index is 1.90. The number of aromatic amines is 1. The van der Waals surface area contributed by atoms with Crippen molar-refractivity contribution in [1.82, 2.24) is 4.98 Å². The number of benzene rings is 2. The number of H-pyrrole nitrogens is 1. The summed E-state index contributed by atoms with van der Waals surface area (Å²) in [6.07, 6.45) is 2.64. The molecule has 0 aliphatic heterocycles. The number of nitrogens with one attached hydrogen (secondary N) is 1. The molecule has 0 spiro atoms. The van der Waals surface area contributed by atoms with Crippen LogP contribution in [0.2, 0.25) is 0 Å². The van der Waals surface area contributed by atoms with Gasteiger partial charge in [0.15, 0.2) is 15.5 Å². The number of aryl methyl sites for hydroxylation is 1. The van der Waals surface area contributed by atoms with Gasteiger partial charge in [-0.2, -0.15) is 0 Å². The van der Waals surface area contributed by atoms with Crippen LogP contribution in [0.25, 0.3) is 11.1 Å². The third-order valence-corrected chi connectivity index (χ3v) is 8.08. The highest BCUT2D eigenvalue weighted by Crippen LogP contribution is 2.48. The van der Waals surface area contributed by atoms with Crippen molar-refractivity contribution in [3.63, 3.8) is 0 Å². The lowest BCUT2D eigenvalue weighted by molar-refractivity contribution is 0.332. The van der Waals surface area contributed by atoms with Crippen LogP contribution in [0.15, 0.2) is 24.3 Å². The molecule has 2 aromatic carbocycles. The van der Waals surface area contributed by atoms with Gasteiger partial charge in [-0.3, -0.25) is 0 Å². The monoisotopic (exact) mass is 471 g/mol. The number of thiazole rings is 1. The second-order valence-electron chi connectivity index (χ2n) is 10.1. The minimum absolute atomic E-state index is 0.0479. The Bertz CT molecular complexity index is 1250. The van der Waals surface area contributed by atoms with E-state index in [9.17, 15) is 5.11 Å². The van der Waals surface area contributed by atoms with Gasteiger partial charge in [0.2, 0.25) is 5.88 Å². The Morgan fingerprint density at radius 3 is 2.25 bits per heavy atom. The number of fused-ring (bicyclic) bond motifs is 1. The molecule has 1 aromatic heterocycles. The maximum Gasteiger partial charge on any atom is 0.203 e. The van der Waals surface area contributed by atoms with E-state index in [1.54, 1.807) is 0 Å². The van der Waals surface area contributed by atoms with E-state index in [0.29, 0.717) is 15.3 Å². The van der Waals surface area contributed by atoms with Crippen molar-refractivity contribution in [2.45, 2.75) is 64.7 Å². The van der Waals surface area contributed by atoms with Gasteiger partial charge in [-0.05, 0) is 88.8 Å². The topological polar surface area (TPSA) is 45.2 Å². The van der Waals surface area contributed by atoms with Gasteiger partial charge in [0.25, 0.3) is 0 Å². The second kappa shape index (κ2) is 7.99. The number of ether oxygens (including phenoxy) is 1. The summed E-state index contributed by atoms with van der Waals surface area (Å²) in [7, 11) is 1.51. The molecule has 1 aliphatic rings. The van der Waals surface area contributed by atoms with Gasteiger partial charge in [0, 0.05) is 12.0 Å². The molecule has 0 fully saturated rings. The number of hydrogen-bond donors (Lipinski definition) is 2. The molecule has 0 unspecified atom stereocenters. The first-order chi connectivity index (χ1) is 14.9. The first-order valence-corrected chi connectivity index (χ1v) is 12.1. The minimum Gasteiger partial charge on any atom is -0.494 e. The van der Waals surface area contributed by atoms with Crippen LogP contribution in [0.4, 0.5) is 4.39 Å². The minimum atomic E-state index is -0.407. The molecule has 0 saturated carbocycles. The molecule has 2 N–H and O–H groups in total. The highest BCUT2D eigenvalue weighted by Gasteiger charge is 2.37. The van der Waals surface area contributed by atoms with Crippen LogP contribution in [0.3, 0.4) is 0 Å². The fourth-order valence-electron chi connectivity index (χ4n) is 4.83. The van der Waals surface area contributed by atoms with Crippen molar-refractivity contribution >= 4 is 23.6 Å². The van der Waals surface area contributed by atoms with Gasteiger partial charge < -0.3 is 14.8 Å². The summed E-state index contributed by atoms with van der Waals surface area (Å²) in [6, 6.07) is 7.97. The Morgan fingerprint density at radius 1 is 1.06 bits per heavy atom. The van der Waals surface area contributed by atoms with E-state index in [2.05, 4.69) is 51.7 Å². The molecule has 0 atom stereocenters. The molecule has 32 heavy (non-hydrogen) atoms. The quantitative estimate of drug-likeness (QED) is 0.386. The first-order valence-electron chi connectivity index (χ1n) is 10.9. The zero-order valence-corrected chi connectivity index (χ0v) is 21.1. The largest absolute Gasteiger partial charge is 0.494 e. The van der Waals surface area contributed by atoms with Gasteiger partial charge >= 0.3 is 0 Å². The fraction of sp³-hybridized carbons (Fsp3) is 0.423. The molecule has 3 aromatic rings. The molecule has 0 bridgehead atoms. The molecule has 4 rings (SSSR count). The summed E-state index contributed by atoms with van der Waals surface area (Å²) in [5.74, 6) is -0.113. The van der Waals surface area contributed by atoms with E-state index in [-0.39, 0.29) is 22.5 Å². The van der Waals surface area contributed by atoms with Crippen LogP contribution >= 0.6 is 23.6 Å². The van der Waals surface area contributed by atoms with E-state index in [4.69, 9.17) is 17.0 Å². The Morgan fingerprint density at radius 2 is 1.69 bits per heavy atom. The summed E-state index contributed by atoms with van der Waals surface area (Å²) < 4.78 is 21.2. The molecule has 0 radical (unpaired) electrons. The first kappa shape index (κ1) is 23.0. The molecule has 1 aliphatic carbocycles. The number of rotatable bonds is 4. The summed E-state index contributed by atoms with van der Waals surface area (Å²) in [5, 5.41) is 10.1. The summed E-state index contributed by atoms with van der Waals surface area (Å²) in [6.45, 7) is 11.3. The molecule has 0 saturated heterocycles. The average molecular weight is 472 g/mol. The van der Waals surface area contributed by atoms with Gasteiger partial charge in [-0.1, -0.05) is 33.8 Å². The predicted molar refractivity (Wildman–Crippen MR) is 132 cm³/mol. The van der Waals surface area contributed by atoms with Gasteiger partial charge in [-0.15, -0.1) is 11.3 Å². The lowest BCUT2D eigenvalue weighted by Crippen LogP contribution is -2.34. The Labute approximate surface area is 198 Å². The maximum absolute atomic E-state index is 15.1. The second-order valence-corrected chi connectivity index (χ2v) is 11.9. The van der Waals surface area contributed by atoms with E-state index in [1.165, 1.54) is 35.6 Å². The highest BCUT2D eigenvalue weighted by molar-refractivity contribution is 7.73. The Hall–Kier alpha value is -2.18. The van der Waals surface area contributed by atoms with Crippen LogP contribution in [-0.2, 0) is 17.3 Å². The normalized spacial score (nSPS) is 16.6. The Kier molecular flexibility index (Phi) is 5.74. The van der Waals surface area contributed by atoms with Gasteiger partial charge in [-0.25, -0.2) is 4.39 Å². The van der Waals surface area contributed by atoms with E-state index >= 15 is 4.39 Å². The standard InChI is InChI=1S/C26H30FNO2S2/c1-14-9-18-19(26(4,5)8-7-25(18,2)3)13-16(14)17-10-15(11-20(27)22(17)30-6)12-21-23(29)28-24(31)32-21/h9-11,13,29H,7-8,12H2,1-6H3,(H,28,31). The zero-order valence-electron chi connectivity index (χ0n) is 19.5. The lowest BCUT2D eigenvalue weighted by Gasteiger charge is -2.42. The van der Waals surface area contributed by atoms with E-state index in [0.717, 1.165) is 35.1 Å². The number of aromatic nitrogens is 1. The number of methoxy groups -OCH3 is 1. The van der Waals surface area contributed by atoms with E-state index in [1.807, 2.05) is 6.07 Å². The smallest absolute Gasteiger partial charge is 0.203 e. The average Bonchev–Trinajstić information content (AvgIpc) is 3.01. The molecular weight excluding hydrogens is 441 g/mol. The molecular formula is C26H30FNO2S2. The van der Waals surface area contributed by atoms with Gasteiger partial charge in [0.1, 0.15) is 0 Å². The number of halogens is 1. The third-order valence-electron chi connectivity index (χ3n) is 6.86. The van der Waals surface area contributed by atoms with Crippen molar-refractivity contribution < 1.29 is 14.2 Å². The number of hydrogen-bond acceptors (Lipinski definition) is 4. The van der Waals surface area contributed by atoms with Crippen molar-refractivity contribution in [2.75, 3.05) is 7.11 Å². The number of aromatic hydroxyl groups is 1.